The molecule has 2 aromatic carbocycles. The van der Waals surface area contributed by atoms with Crippen LogP contribution in [0.2, 0.25) is 0 Å². The number of rotatable bonds is 5. The summed E-state index contributed by atoms with van der Waals surface area (Å²) in [5, 5.41) is 3.28. The Morgan fingerprint density at radius 3 is 2.72 bits per heavy atom. The molecule has 2 aliphatic rings. The lowest BCUT2D eigenvalue weighted by Gasteiger charge is -2.18. The number of halogens is 2. The Morgan fingerprint density at radius 2 is 2.00 bits per heavy atom. The average Bonchev–Trinajstić information content (AvgIpc) is 3.10. The molecular formula is C25H23F2N3O2. The van der Waals surface area contributed by atoms with Crippen LogP contribution in [0.25, 0.3) is 5.57 Å². The largest absolute Gasteiger partial charge is 0.494 e. The van der Waals surface area contributed by atoms with Gasteiger partial charge in [0.15, 0.2) is 23.2 Å². The maximum absolute atomic E-state index is 14.8. The molecule has 0 saturated heterocycles. The summed E-state index contributed by atoms with van der Waals surface area (Å²) in [5.74, 6) is -1.85. The molecule has 1 N–H and O–H groups in total. The fourth-order valence-electron chi connectivity index (χ4n) is 4.03. The van der Waals surface area contributed by atoms with Gasteiger partial charge in [-0.2, -0.15) is 4.39 Å². The Kier molecular flexibility index (Phi) is 5.99. The predicted octanol–water partition coefficient (Wildman–Crippen LogP) is 5.58. The summed E-state index contributed by atoms with van der Waals surface area (Å²) in [7, 11) is 1.30. The van der Waals surface area contributed by atoms with Gasteiger partial charge in [-0.05, 0) is 61.2 Å². The number of hydrogen-bond donors (Lipinski definition) is 1. The van der Waals surface area contributed by atoms with E-state index in [1.807, 2.05) is 25.1 Å². The van der Waals surface area contributed by atoms with Crippen molar-refractivity contribution in [1.29, 1.82) is 0 Å². The third kappa shape index (κ3) is 3.86. The topological polar surface area (TPSA) is 63.1 Å². The van der Waals surface area contributed by atoms with Crippen LogP contribution in [0.3, 0.4) is 0 Å². The van der Waals surface area contributed by atoms with Crippen LogP contribution in [0.5, 0.6) is 5.75 Å². The maximum atomic E-state index is 14.8. The minimum Gasteiger partial charge on any atom is -0.494 e. The monoisotopic (exact) mass is 435 g/mol. The number of allylic oxidation sites excluding steroid dienone is 2. The van der Waals surface area contributed by atoms with E-state index in [1.165, 1.54) is 19.2 Å². The molecule has 2 heterocycles. The van der Waals surface area contributed by atoms with E-state index in [0.717, 1.165) is 11.3 Å². The van der Waals surface area contributed by atoms with Crippen LogP contribution in [0.15, 0.2) is 58.8 Å². The van der Waals surface area contributed by atoms with E-state index >= 15 is 0 Å². The SMILES string of the molecule is CCc1cc(NC2=NC=CCC3C(c4ccc(OC)c(F)c4F)=CN=C23)ccc1C(C)=O. The lowest BCUT2D eigenvalue weighted by molar-refractivity contribution is 0.101. The third-order valence-electron chi connectivity index (χ3n) is 5.68. The van der Waals surface area contributed by atoms with Crippen LogP contribution in [-0.4, -0.2) is 24.4 Å². The quantitative estimate of drug-likeness (QED) is 0.624. The number of anilines is 1. The van der Waals surface area contributed by atoms with E-state index in [9.17, 15) is 13.6 Å². The Hall–Kier alpha value is -3.61. The number of aliphatic imine (C=N–C) groups is 2. The maximum Gasteiger partial charge on any atom is 0.201 e. The van der Waals surface area contributed by atoms with Gasteiger partial charge in [0, 0.05) is 35.1 Å². The van der Waals surface area contributed by atoms with Gasteiger partial charge >= 0.3 is 0 Å². The molecule has 2 aromatic rings. The van der Waals surface area contributed by atoms with E-state index in [1.54, 1.807) is 25.4 Å². The van der Waals surface area contributed by atoms with Gasteiger partial charge in [0.25, 0.3) is 0 Å². The number of ketones is 1. The second-order valence-corrected chi connectivity index (χ2v) is 7.60. The van der Waals surface area contributed by atoms with Crippen LogP contribution >= 0.6 is 0 Å². The highest BCUT2D eigenvalue weighted by atomic mass is 19.2. The number of carbonyl (C=O) groups excluding carboxylic acids is 1. The normalized spacial score (nSPS) is 17.2. The van der Waals surface area contributed by atoms with Crippen molar-refractivity contribution >= 4 is 28.6 Å². The zero-order chi connectivity index (χ0) is 22.8. The standard InChI is InChI=1S/C25H23F2N3O2/c1-4-15-12-16(7-8-17(15)14(2)31)30-25-24-19(6-5-11-28-25)20(13-29-24)18-9-10-21(32-3)23(27)22(18)26/h5,7-13,19H,4,6H2,1-3H3,(H,28,30). The third-order valence-corrected chi connectivity index (χ3v) is 5.68. The molecule has 0 amide bonds. The Balaban J connectivity index is 1.63. The van der Waals surface area contributed by atoms with Crippen LogP contribution < -0.4 is 10.1 Å². The van der Waals surface area contributed by atoms with Crippen LogP contribution in [0.1, 0.15) is 41.8 Å². The number of ether oxygens (including phenoxy) is 1. The summed E-state index contributed by atoms with van der Waals surface area (Å²) in [4.78, 5) is 20.8. The molecule has 164 valence electrons. The number of amidine groups is 1. The Labute approximate surface area is 185 Å². The fourth-order valence-corrected chi connectivity index (χ4v) is 4.03. The highest BCUT2D eigenvalue weighted by Crippen LogP contribution is 2.37. The molecule has 0 radical (unpaired) electrons. The van der Waals surface area contributed by atoms with Crippen LogP contribution in [0, 0.1) is 17.6 Å². The molecule has 0 saturated carbocycles. The summed E-state index contributed by atoms with van der Waals surface area (Å²) in [6.07, 6.45) is 6.39. The van der Waals surface area contributed by atoms with E-state index in [2.05, 4.69) is 15.3 Å². The Bertz CT molecular complexity index is 1210. The molecule has 4 rings (SSSR count). The second-order valence-electron chi connectivity index (χ2n) is 7.60. The molecule has 0 bridgehead atoms. The van der Waals surface area contributed by atoms with E-state index < -0.39 is 11.6 Å². The molecule has 5 nitrogen and oxygen atoms in total. The molecule has 1 atom stereocenters. The highest BCUT2D eigenvalue weighted by molar-refractivity contribution is 6.49. The highest BCUT2D eigenvalue weighted by Gasteiger charge is 2.32. The van der Waals surface area contributed by atoms with Gasteiger partial charge in [-0.3, -0.25) is 9.79 Å². The first-order valence-corrected chi connectivity index (χ1v) is 10.4. The molecule has 7 heteroatoms. The van der Waals surface area contributed by atoms with E-state index in [4.69, 9.17) is 4.74 Å². The van der Waals surface area contributed by atoms with Gasteiger partial charge in [-0.15, -0.1) is 0 Å². The number of Topliss-reactive ketones (excluding diaryl/α,β-unsaturated/α-hetero) is 1. The van der Waals surface area contributed by atoms with Crippen LogP contribution in [-0.2, 0) is 6.42 Å². The molecule has 0 spiro atoms. The molecule has 0 aliphatic carbocycles. The number of nitrogens with one attached hydrogen (secondary N) is 1. The van der Waals surface area contributed by atoms with Crippen molar-refractivity contribution in [2.24, 2.45) is 15.9 Å². The van der Waals surface area contributed by atoms with Crippen molar-refractivity contribution in [2.75, 3.05) is 12.4 Å². The first-order valence-electron chi connectivity index (χ1n) is 10.4. The van der Waals surface area contributed by atoms with Crippen molar-refractivity contribution in [1.82, 2.24) is 0 Å². The number of fused-ring (bicyclic) bond motifs is 1. The summed E-state index contributed by atoms with van der Waals surface area (Å²) in [6.45, 7) is 3.54. The number of methoxy groups -OCH3 is 1. The number of nitrogens with zero attached hydrogens (tertiary/aromatic N) is 2. The van der Waals surface area contributed by atoms with Gasteiger partial charge in [-0.1, -0.05) is 13.0 Å². The van der Waals surface area contributed by atoms with Gasteiger partial charge < -0.3 is 10.1 Å². The minimum atomic E-state index is -1.02. The van der Waals surface area contributed by atoms with E-state index in [-0.39, 0.29) is 23.0 Å². The molecular weight excluding hydrogens is 412 g/mol. The second kappa shape index (κ2) is 8.86. The molecule has 0 aromatic heterocycles. The molecule has 0 fully saturated rings. The van der Waals surface area contributed by atoms with Crippen molar-refractivity contribution in [2.45, 2.75) is 26.7 Å². The predicted molar refractivity (Wildman–Crippen MR) is 122 cm³/mol. The lowest BCUT2D eigenvalue weighted by Crippen LogP contribution is -2.28. The number of carbonyl (C=O) groups is 1. The van der Waals surface area contributed by atoms with Crippen molar-refractivity contribution < 1.29 is 18.3 Å². The van der Waals surface area contributed by atoms with Gasteiger partial charge in [0.1, 0.15) is 0 Å². The average molecular weight is 435 g/mol. The minimum absolute atomic E-state index is 0.0194. The zero-order valence-electron chi connectivity index (χ0n) is 18.1. The van der Waals surface area contributed by atoms with Crippen LogP contribution in [0.4, 0.5) is 14.5 Å². The number of benzene rings is 2. The molecule has 2 aliphatic heterocycles. The van der Waals surface area contributed by atoms with Crippen molar-refractivity contribution in [3.63, 3.8) is 0 Å². The first-order chi connectivity index (χ1) is 15.4. The summed E-state index contributed by atoms with van der Waals surface area (Å²) in [6, 6.07) is 8.46. The lowest BCUT2D eigenvalue weighted by atomic mass is 9.87. The first kappa shape index (κ1) is 21.6. The van der Waals surface area contributed by atoms with Crippen molar-refractivity contribution in [3.8, 4) is 5.75 Å². The van der Waals surface area contributed by atoms with Crippen molar-refractivity contribution in [3.05, 3.63) is 77.1 Å². The summed E-state index contributed by atoms with van der Waals surface area (Å²) < 4.78 is 33.9. The van der Waals surface area contributed by atoms with E-state index in [0.29, 0.717) is 35.5 Å². The van der Waals surface area contributed by atoms with Gasteiger partial charge in [-0.25, -0.2) is 9.38 Å². The molecule has 1 unspecified atom stereocenters. The summed E-state index contributed by atoms with van der Waals surface area (Å²) in [5.41, 5.74) is 3.79. The van der Waals surface area contributed by atoms with Gasteiger partial charge in [0.05, 0.1) is 12.8 Å². The molecule has 32 heavy (non-hydrogen) atoms. The smallest absolute Gasteiger partial charge is 0.201 e. The Morgan fingerprint density at radius 1 is 1.19 bits per heavy atom. The number of aryl methyl sites for hydroxylation is 1. The number of hydrogen-bond acceptors (Lipinski definition) is 5. The zero-order valence-corrected chi connectivity index (χ0v) is 18.1. The van der Waals surface area contributed by atoms with Gasteiger partial charge in [0.2, 0.25) is 5.82 Å². The fraction of sp³-hybridized carbons (Fsp3) is 0.240. The summed E-state index contributed by atoms with van der Waals surface area (Å²) >= 11 is 0.